The Bertz CT molecular complexity index is 986. The first kappa shape index (κ1) is 19.7. The van der Waals surface area contributed by atoms with Crippen molar-refractivity contribution >= 4 is 17.5 Å². The molecule has 1 fully saturated rings. The highest BCUT2D eigenvalue weighted by atomic mass is 19.1. The van der Waals surface area contributed by atoms with Crippen LogP contribution in [-0.4, -0.2) is 43.9 Å². The van der Waals surface area contributed by atoms with Crippen LogP contribution >= 0.6 is 0 Å². The normalized spacial score (nSPS) is 16.2. The minimum Gasteiger partial charge on any atom is -0.484 e. The smallest absolute Gasteiger partial charge is 0.261 e. The molecule has 4 rings (SSSR count). The Labute approximate surface area is 173 Å². The van der Waals surface area contributed by atoms with Crippen molar-refractivity contribution in [3.05, 3.63) is 66.8 Å². The maximum Gasteiger partial charge on any atom is 0.261 e. The zero-order chi connectivity index (χ0) is 20.8. The molecule has 8 nitrogen and oxygen atoms in total. The monoisotopic (exact) mass is 408 g/mol. The van der Waals surface area contributed by atoms with E-state index in [-0.39, 0.29) is 24.4 Å². The summed E-state index contributed by atoms with van der Waals surface area (Å²) in [5, 5.41) is 3.07. The summed E-state index contributed by atoms with van der Waals surface area (Å²) in [6.07, 6.45) is 9.12. The number of ether oxygens (including phenoxy) is 1. The molecular formula is C21H21FN6O2. The summed E-state index contributed by atoms with van der Waals surface area (Å²) in [5.41, 5.74) is 1.44. The third kappa shape index (κ3) is 4.86. The SMILES string of the molecule is O=C(COc1ccc(F)cc1)N1CCCC[C@@H]1c1ccnc(Nc2cncnc2)n1. The van der Waals surface area contributed by atoms with Crippen molar-refractivity contribution in [2.45, 2.75) is 25.3 Å². The van der Waals surface area contributed by atoms with Crippen LogP contribution in [0.25, 0.3) is 0 Å². The van der Waals surface area contributed by atoms with Crippen molar-refractivity contribution < 1.29 is 13.9 Å². The lowest BCUT2D eigenvalue weighted by Gasteiger charge is -2.35. The fourth-order valence-corrected chi connectivity index (χ4v) is 3.41. The molecule has 1 saturated heterocycles. The van der Waals surface area contributed by atoms with E-state index in [1.807, 2.05) is 6.07 Å². The van der Waals surface area contributed by atoms with Crippen molar-refractivity contribution in [2.75, 3.05) is 18.5 Å². The van der Waals surface area contributed by atoms with Crippen LogP contribution in [0.4, 0.5) is 16.0 Å². The second kappa shape index (κ2) is 9.25. The van der Waals surface area contributed by atoms with Crippen LogP contribution < -0.4 is 10.1 Å². The molecular weight excluding hydrogens is 387 g/mol. The van der Waals surface area contributed by atoms with Crippen LogP contribution in [0.15, 0.2) is 55.2 Å². The maximum absolute atomic E-state index is 13.0. The van der Waals surface area contributed by atoms with E-state index in [4.69, 9.17) is 4.74 Å². The van der Waals surface area contributed by atoms with Gasteiger partial charge >= 0.3 is 0 Å². The topological polar surface area (TPSA) is 93.1 Å². The van der Waals surface area contributed by atoms with Gasteiger partial charge < -0.3 is 15.0 Å². The molecule has 0 radical (unpaired) electrons. The van der Waals surface area contributed by atoms with E-state index in [1.165, 1.54) is 30.6 Å². The van der Waals surface area contributed by atoms with E-state index in [2.05, 4.69) is 25.3 Å². The minimum absolute atomic E-state index is 0.111. The summed E-state index contributed by atoms with van der Waals surface area (Å²) in [7, 11) is 0. The molecule has 3 heterocycles. The van der Waals surface area contributed by atoms with Crippen molar-refractivity contribution in [3.8, 4) is 5.75 Å². The van der Waals surface area contributed by atoms with E-state index in [0.717, 1.165) is 25.0 Å². The number of hydrogen-bond acceptors (Lipinski definition) is 7. The summed E-state index contributed by atoms with van der Waals surface area (Å²) >= 11 is 0. The van der Waals surface area contributed by atoms with Crippen LogP contribution in [0.5, 0.6) is 5.75 Å². The Morgan fingerprint density at radius 2 is 1.97 bits per heavy atom. The van der Waals surface area contributed by atoms with Crippen molar-refractivity contribution in [1.29, 1.82) is 0 Å². The Morgan fingerprint density at radius 1 is 1.17 bits per heavy atom. The van der Waals surface area contributed by atoms with E-state index in [9.17, 15) is 9.18 Å². The Hall–Kier alpha value is -3.62. The van der Waals surface area contributed by atoms with Gasteiger partial charge in [-0.2, -0.15) is 0 Å². The number of hydrogen-bond donors (Lipinski definition) is 1. The van der Waals surface area contributed by atoms with Crippen molar-refractivity contribution in [1.82, 2.24) is 24.8 Å². The molecule has 1 aliphatic rings. The second-order valence-corrected chi connectivity index (χ2v) is 6.90. The summed E-state index contributed by atoms with van der Waals surface area (Å²) in [6, 6.07) is 7.29. The molecule has 1 N–H and O–H groups in total. The summed E-state index contributed by atoms with van der Waals surface area (Å²) in [4.78, 5) is 31.4. The van der Waals surface area contributed by atoms with E-state index in [0.29, 0.717) is 23.9 Å². The van der Waals surface area contributed by atoms with Gasteiger partial charge in [0.15, 0.2) is 6.61 Å². The van der Waals surface area contributed by atoms with Gasteiger partial charge in [-0.3, -0.25) is 4.79 Å². The van der Waals surface area contributed by atoms with Gasteiger partial charge in [-0.15, -0.1) is 0 Å². The van der Waals surface area contributed by atoms with Gasteiger partial charge in [0.1, 0.15) is 17.9 Å². The number of carbonyl (C=O) groups excluding carboxylic acids is 1. The minimum atomic E-state index is -0.347. The first-order valence-electron chi connectivity index (χ1n) is 9.72. The molecule has 3 aromatic rings. The second-order valence-electron chi connectivity index (χ2n) is 6.90. The molecule has 1 aromatic carbocycles. The average Bonchev–Trinajstić information content (AvgIpc) is 2.79. The largest absolute Gasteiger partial charge is 0.484 e. The fourth-order valence-electron chi connectivity index (χ4n) is 3.41. The quantitative estimate of drug-likeness (QED) is 0.669. The molecule has 0 saturated carbocycles. The molecule has 0 bridgehead atoms. The predicted molar refractivity (Wildman–Crippen MR) is 108 cm³/mol. The molecule has 9 heteroatoms. The number of amides is 1. The van der Waals surface area contributed by atoms with E-state index in [1.54, 1.807) is 23.5 Å². The molecule has 0 spiro atoms. The van der Waals surface area contributed by atoms with Crippen LogP contribution in [0.1, 0.15) is 31.0 Å². The highest BCUT2D eigenvalue weighted by Crippen LogP contribution is 2.30. The molecule has 1 amide bonds. The molecule has 154 valence electrons. The molecule has 1 aliphatic heterocycles. The number of halogens is 1. The highest BCUT2D eigenvalue weighted by molar-refractivity contribution is 5.78. The van der Waals surface area contributed by atoms with Gasteiger partial charge in [-0.1, -0.05) is 0 Å². The van der Waals surface area contributed by atoms with Gasteiger partial charge in [-0.25, -0.2) is 24.3 Å². The third-order valence-corrected chi connectivity index (χ3v) is 4.83. The molecule has 30 heavy (non-hydrogen) atoms. The van der Waals surface area contributed by atoms with Crippen LogP contribution in [0.3, 0.4) is 0 Å². The van der Waals surface area contributed by atoms with Gasteiger partial charge in [-0.05, 0) is 49.6 Å². The summed E-state index contributed by atoms with van der Waals surface area (Å²) in [5.74, 6) is 0.397. The Balaban J connectivity index is 1.45. The number of aromatic nitrogens is 4. The van der Waals surface area contributed by atoms with Gasteiger partial charge in [0.2, 0.25) is 5.95 Å². The number of rotatable bonds is 6. The third-order valence-electron chi connectivity index (χ3n) is 4.83. The number of anilines is 2. The Morgan fingerprint density at radius 3 is 2.77 bits per heavy atom. The van der Waals surface area contributed by atoms with Crippen molar-refractivity contribution in [3.63, 3.8) is 0 Å². The van der Waals surface area contributed by atoms with Crippen LogP contribution in [-0.2, 0) is 4.79 Å². The number of benzene rings is 1. The number of nitrogens with zero attached hydrogens (tertiary/aromatic N) is 5. The Kier molecular flexibility index (Phi) is 6.07. The molecule has 0 unspecified atom stereocenters. The van der Waals surface area contributed by atoms with Crippen LogP contribution in [0.2, 0.25) is 0 Å². The molecule has 0 aliphatic carbocycles. The molecule has 1 atom stereocenters. The predicted octanol–water partition coefficient (Wildman–Crippen LogP) is 3.28. The number of nitrogens with one attached hydrogen (secondary N) is 1. The van der Waals surface area contributed by atoms with E-state index >= 15 is 0 Å². The highest BCUT2D eigenvalue weighted by Gasteiger charge is 2.29. The van der Waals surface area contributed by atoms with Crippen molar-refractivity contribution in [2.24, 2.45) is 0 Å². The lowest BCUT2D eigenvalue weighted by atomic mass is 9.99. The molecule has 2 aromatic heterocycles. The zero-order valence-corrected chi connectivity index (χ0v) is 16.2. The lowest BCUT2D eigenvalue weighted by Crippen LogP contribution is -2.41. The first-order valence-corrected chi connectivity index (χ1v) is 9.72. The van der Waals surface area contributed by atoms with Gasteiger partial charge in [0.05, 0.1) is 29.8 Å². The van der Waals surface area contributed by atoms with Crippen LogP contribution in [0, 0.1) is 5.82 Å². The average molecular weight is 408 g/mol. The fraction of sp³-hybridized carbons (Fsp3) is 0.286. The number of piperidine rings is 1. The summed E-state index contributed by atoms with van der Waals surface area (Å²) < 4.78 is 18.6. The maximum atomic E-state index is 13.0. The number of likely N-dealkylation sites (tertiary alicyclic amines) is 1. The standard InChI is InChI=1S/C21H21FN6O2/c22-15-4-6-17(7-5-15)30-13-20(29)28-10-2-1-3-19(28)18-8-9-25-21(27-18)26-16-11-23-14-24-12-16/h4-9,11-12,14,19H,1-3,10,13H2,(H,25,26,27)/t19-/m1/s1. The zero-order valence-electron chi connectivity index (χ0n) is 16.2. The van der Waals surface area contributed by atoms with Gasteiger partial charge in [0, 0.05) is 12.7 Å². The first-order chi connectivity index (χ1) is 14.7. The van der Waals surface area contributed by atoms with Gasteiger partial charge in [0.25, 0.3) is 5.91 Å². The van der Waals surface area contributed by atoms with E-state index < -0.39 is 0 Å². The summed E-state index contributed by atoms with van der Waals surface area (Å²) in [6.45, 7) is 0.523. The number of carbonyl (C=O) groups is 1. The lowest BCUT2D eigenvalue weighted by molar-refractivity contribution is -0.137.